The van der Waals surface area contributed by atoms with E-state index < -0.39 is 18.6 Å². The van der Waals surface area contributed by atoms with Crippen molar-refractivity contribution in [2.75, 3.05) is 12.4 Å². The van der Waals surface area contributed by atoms with Gasteiger partial charge in [-0.05, 0) is 19.1 Å². The minimum Gasteiger partial charge on any atom is -0.497 e. The van der Waals surface area contributed by atoms with Crippen LogP contribution in [0.3, 0.4) is 0 Å². The Hall–Kier alpha value is -1.60. The molecule has 108 valence electrons. The lowest BCUT2D eigenvalue weighted by atomic mass is 10.2. The first-order valence-electron chi connectivity index (χ1n) is 5.13. The number of hydrogen-bond donors (Lipinski definition) is 2. The summed E-state index contributed by atoms with van der Waals surface area (Å²) in [5.74, 6) is -0.265. The van der Waals surface area contributed by atoms with Crippen LogP contribution >= 0.6 is 12.4 Å². The smallest absolute Gasteiger partial charge is 0.387 e. The van der Waals surface area contributed by atoms with Crippen molar-refractivity contribution >= 4 is 24.0 Å². The molecular weight excluding hydrogens is 282 g/mol. The first kappa shape index (κ1) is 17.4. The van der Waals surface area contributed by atoms with Gasteiger partial charge in [-0.3, -0.25) is 4.79 Å². The number of amides is 1. The second-order valence-electron chi connectivity index (χ2n) is 3.52. The molecule has 1 atom stereocenters. The molecular formula is C11H15ClF2N2O3. The number of nitrogens with two attached hydrogens (primary N) is 1. The molecule has 0 heterocycles. The van der Waals surface area contributed by atoms with E-state index in [4.69, 9.17) is 10.5 Å². The van der Waals surface area contributed by atoms with Gasteiger partial charge < -0.3 is 20.5 Å². The van der Waals surface area contributed by atoms with Crippen LogP contribution in [0.5, 0.6) is 11.5 Å². The predicted octanol–water partition coefficient (Wildman–Crippen LogP) is 2.00. The number of anilines is 1. The third-order valence-corrected chi connectivity index (χ3v) is 2.07. The second-order valence-corrected chi connectivity index (χ2v) is 3.52. The molecule has 0 fully saturated rings. The van der Waals surface area contributed by atoms with Gasteiger partial charge in [-0.1, -0.05) is 0 Å². The summed E-state index contributed by atoms with van der Waals surface area (Å²) in [7, 11) is 1.42. The molecule has 0 unspecified atom stereocenters. The summed E-state index contributed by atoms with van der Waals surface area (Å²) in [6, 6.07) is 3.33. The maximum Gasteiger partial charge on any atom is 0.387 e. The number of nitrogens with one attached hydrogen (secondary N) is 1. The average Bonchev–Trinajstić information content (AvgIpc) is 2.30. The number of ether oxygens (including phenoxy) is 2. The van der Waals surface area contributed by atoms with Gasteiger partial charge in [0.1, 0.15) is 11.5 Å². The van der Waals surface area contributed by atoms with E-state index in [1.165, 1.54) is 32.2 Å². The Morgan fingerprint density at radius 1 is 1.42 bits per heavy atom. The number of halogens is 3. The number of hydrogen-bond acceptors (Lipinski definition) is 4. The molecule has 5 nitrogen and oxygen atoms in total. The Kier molecular flexibility index (Phi) is 7.10. The summed E-state index contributed by atoms with van der Waals surface area (Å²) in [6.45, 7) is -1.51. The van der Waals surface area contributed by atoms with Crippen LogP contribution in [0, 0.1) is 0 Å². The fourth-order valence-corrected chi connectivity index (χ4v) is 1.18. The van der Waals surface area contributed by atoms with Crippen LogP contribution in [0.1, 0.15) is 6.92 Å². The summed E-state index contributed by atoms with van der Waals surface area (Å²) < 4.78 is 33.6. The highest BCUT2D eigenvalue weighted by atomic mass is 35.5. The summed E-state index contributed by atoms with van der Waals surface area (Å²) in [5, 5.41) is 2.39. The highest BCUT2D eigenvalue weighted by Crippen LogP contribution is 2.30. The third kappa shape index (κ3) is 5.27. The lowest BCUT2D eigenvalue weighted by Crippen LogP contribution is -2.32. The summed E-state index contributed by atoms with van der Waals surface area (Å²) in [4.78, 5) is 11.4. The van der Waals surface area contributed by atoms with Gasteiger partial charge in [0, 0.05) is 6.07 Å². The van der Waals surface area contributed by atoms with Crippen molar-refractivity contribution < 1.29 is 23.0 Å². The summed E-state index contributed by atoms with van der Waals surface area (Å²) in [5.41, 5.74) is 5.45. The van der Waals surface area contributed by atoms with E-state index in [9.17, 15) is 13.6 Å². The van der Waals surface area contributed by atoms with Crippen molar-refractivity contribution in [3.8, 4) is 11.5 Å². The molecule has 0 saturated carbocycles. The molecule has 0 saturated heterocycles. The maximum atomic E-state index is 12.2. The molecule has 0 radical (unpaired) electrons. The van der Waals surface area contributed by atoms with Gasteiger partial charge in [0.05, 0.1) is 18.8 Å². The van der Waals surface area contributed by atoms with Crippen molar-refractivity contribution in [3.63, 3.8) is 0 Å². The molecule has 8 heteroatoms. The van der Waals surface area contributed by atoms with Crippen molar-refractivity contribution in [3.05, 3.63) is 18.2 Å². The minimum absolute atomic E-state index is 0. The van der Waals surface area contributed by atoms with Crippen LogP contribution in [0.15, 0.2) is 18.2 Å². The SMILES string of the molecule is COc1ccc(OC(F)F)c(NC(=O)[C@@H](C)N)c1.Cl. The van der Waals surface area contributed by atoms with Crippen LogP contribution in [-0.2, 0) is 4.79 Å². The molecule has 0 aliphatic heterocycles. The molecule has 3 N–H and O–H groups in total. The molecule has 19 heavy (non-hydrogen) atoms. The monoisotopic (exact) mass is 296 g/mol. The zero-order valence-electron chi connectivity index (χ0n) is 10.4. The molecule has 0 aromatic heterocycles. The normalized spacial score (nSPS) is 11.5. The maximum absolute atomic E-state index is 12.2. The van der Waals surface area contributed by atoms with Crippen molar-refractivity contribution in [2.24, 2.45) is 5.73 Å². The molecule has 1 rings (SSSR count). The number of carbonyl (C=O) groups is 1. The van der Waals surface area contributed by atoms with E-state index in [1.54, 1.807) is 0 Å². The number of methoxy groups -OCH3 is 1. The first-order chi connectivity index (χ1) is 8.43. The fourth-order valence-electron chi connectivity index (χ4n) is 1.18. The standard InChI is InChI=1S/C11H14F2N2O3.ClH/c1-6(14)10(16)15-8-5-7(17-2)3-4-9(8)18-11(12)13;/h3-6,11H,14H2,1-2H3,(H,15,16);1H/t6-;/m1./s1. The van der Waals surface area contributed by atoms with Crippen LogP contribution in [0.25, 0.3) is 0 Å². The quantitative estimate of drug-likeness (QED) is 0.871. The summed E-state index contributed by atoms with van der Waals surface area (Å²) >= 11 is 0. The largest absolute Gasteiger partial charge is 0.497 e. The Morgan fingerprint density at radius 2 is 2.05 bits per heavy atom. The first-order valence-corrected chi connectivity index (χ1v) is 5.13. The molecule has 0 bridgehead atoms. The zero-order chi connectivity index (χ0) is 13.7. The highest BCUT2D eigenvalue weighted by molar-refractivity contribution is 5.95. The van der Waals surface area contributed by atoms with Gasteiger partial charge in [-0.2, -0.15) is 8.78 Å². The van der Waals surface area contributed by atoms with Crippen molar-refractivity contribution in [2.45, 2.75) is 19.6 Å². The van der Waals surface area contributed by atoms with E-state index in [0.717, 1.165) is 0 Å². The van der Waals surface area contributed by atoms with Crippen molar-refractivity contribution in [1.82, 2.24) is 0 Å². The van der Waals surface area contributed by atoms with Crippen LogP contribution in [-0.4, -0.2) is 25.7 Å². The van der Waals surface area contributed by atoms with E-state index in [2.05, 4.69) is 10.1 Å². The number of benzene rings is 1. The van der Waals surface area contributed by atoms with Crippen molar-refractivity contribution in [1.29, 1.82) is 0 Å². The number of rotatable bonds is 5. The van der Waals surface area contributed by atoms with Crippen LogP contribution in [0.2, 0.25) is 0 Å². The Balaban J connectivity index is 0.00000324. The van der Waals surface area contributed by atoms with Crippen LogP contribution in [0.4, 0.5) is 14.5 Å². The molecule has 1 aromatic carbocycles. The zero-order valence-corrected chi connectivity index (χ0v) is 11.2. The Bertz CT molecular complexity index is 430. The average molecular weight is 297 g/mol. The Morgan fingerprint density at radius 3 is 2.53 bits per heavy atom. The van der Waals surface area contributed by atoms with E-state index in [1.807, 2.05) is 0 Å². The molecule has 0 aliphatic rings. The predicted molar refractivity (Wildman–Crippen MR) is 69.2 cm³/mol. The topological polar surface area (TPSA) is 73.6 Å². The Labute approximate surface area is 115 Å². The van der Waals surface area contributed by atoms with Crippen LogP contribution < -0.4 is 20.5 Å². The fraction of sp³-hybridized carbons (Fsp3) is 0.364. The van der Waals surface area contributed by atoms with Gasteiger partial charge in [0.15, 0.2) is 0 Å². The van der Waals surface area contributed by atoms with Gasteiger partial charge >= 0.3 is 6.61 Å². The second kappa shape index (κ2) is 7.75. The number of alkyl halides is 2. The van der Waals surface area contributed by atoms with Gasteiger partial charge in [0.25, 0.3) is 0 Å². The highest BCUT2D eigenvalue weighted by Gasteiger charge is 2.15. The third-order valence-electron chi connectivity index (χ3n) is 2.07. The lowest BCUT2D eigenvalue weighted by Gasteiger charge is -2.14. The minimum atomic E-state index is -2.98. The molecule has 1 aromatic rings. The van der Waals surface area contributed by atoms with E-state index in [0.29, 0.717) is 5.75 Å². The van der Waals surface area contributed by atoms with Gasteiger partial charge in [0.2, 0.25) is 5.91 Å². The molecule has 0 aliphatic carbocycles. The number of carbonyl (C=O) groups excluding carboxylic acids is 1. The molecule has 1 amide bonds. The van der Waals surface area contributed by atoms with Gasteiger partial charge in [-0.15, -0.1) is 12.4 Å². The van der Waals surface area contributed by atoms with Gasteiger partial charge in [-0.25, -0.2) is 0 Å². The molecule has 0 spiro atoms. The van der Waals surface area contributed by atoms with E-state index in [-0.39, 0.29) is 23.8 Å². The lowest BCUT2D eigenvalue weighted by molar-refractivity contribution is -0.117. The summed E-state index contributed by atoms with van der Waals surface area (Å²) in [6.07, 6.45) is 0. The van der Waals surface area contributed by atoms with E-state index >= 15 is 0 Å².